The predicted octanol–water partition coefficient (Wildman–Crippen LogP) is 3.35. The molecule has 2 saturated heterocycles. The first-order valence-electron chi connectivity index (χ1n) is 16.0. The van der Waals surface area contributed by atoms with Crippen molar-refractivity contribution in [2.75, 3.05) is 68.4 Å². The van der Waals surface area contributed by atoms with Crippen LogP contribution in [0.1, 0.15) is 17.7 Å². The van der Waals surface area contributed by atoms with E-state index in [9.17, 15) is 4.79 Å². The number of piperazine rings is 1. The summed E-state index contributed by atoms with van der Waals surface area (Å²) < 4.78 is 7.97. The van der Waals surface area contributed by atoms with E-state index in [1.165, 1.54) is 0 Å². The Morgan fingerprint density at radius 3 is 2.62 bits per heavy atom. The Labute approximate surface area is 273 Å². The van der Waals surface area contributed by atoms with Gasteiger partial charge in [-0.05, 0) is 38.9 Å². The van der Waals surface area contributed by atoms with Gasteiger partial charge in [0, 0.05) is 81.4 Å². The highest BCUT2D eigenvalue weighted by Gasteiger charge is 2.26. The zero-order valence-electron chi connectivity index (χ0n) is 27.2. The third-order valence-corrected chi connectivity index (χ3v) is 8.87. The molecule has 5 aromatic rings. The van der Waals surface area contributed by atoms with E-state index >= 15 is 0 Å². The molecular weight excluding hydrogens is 596 g/mol. The molecule has 0 spiro atoms. The molecule has 4 aromatic heterocycles. The summed E-state index contributed by atoms with van der Waals surface area (Å²) in [6.45, 7) is 9.53. The van der Waals surface area contributed by atoms with E-state index in [4.69, 9.17) is 9.72 Å². The molecule has 0 bridgehead atoms. The lowest BCUT2D eigenvalue weighted by atomic mass is 10.1. The van der Waals surface area contributed by atoms with Gasteiger partial charge >= 0.3 is 0 Å². The van der Waals surface area contributed by atoms with Crippen molar-refractivity contribution in [1.82, 2.24) is 44.5 Å². The Balaban J connectivity index is 0.966. The quantitative estimate of drug-likeness (QED) is 0.219. The zero-order valence-corrected chi connectivity index (χ0v) is 27.2. The maximum Gasteiger partial charge on any atom is 0.238 e. The summed E-state index contributed by atoms with van der Waals surface area (Å²) in [4.78, 5) is 41.5. The van der Waals surface area contributed by atoms with Crippen molar-refractivity contribution in [3.8, 4) is 17.0 Å². The van der Waals surface area contributed by atoms with Gasteiger partial charge in [-0.3, -0.25) is 14.4 Å². The number of hydrogen-bond donors (Lipinski definition) is 3. The summed E-state index contributed by atoms with van der Waals surface area (Å²) in [5.74, 6) is 2.46. The standard InChI is InChI=1S/C33H40N12O2/c1-21-15-35-32(39-28-14-22(2)43(4)41-28)40-30(21)26-18-34-31-25(26)6-5-7-27(31)38-29(46)20-44-9-8-23(19-44)47-24-16-36-33(37-17-24)45-12-10-42(3)11-13-45/h5-7,14-18,23,34H,8-13,19-20H2,1-4H3,(H,38,46)(H,35,39,40,41)/t23-/m0/s1. The molecule has 1 atom stereocenters. The maximum absolute atomic E-state index is 13.2. The maximum atomic E-state index is 13.2. The number of anilines is 4. The summed E-state index contributed by atoms with van der Waals surface area (Å²) in [5, 5.41) is 11.7. The third kappa shape index (κ3) is 6.74. The highest BCUT2D eigenvalue weighted by Crippen LogP contribution is 2.33. The second-order valence-electron chi connectivity index (χ2n) is 12.4. The Kier molecular flexibility index (Phi) is 8.43. The minimum atomic E-state index is -0.0791. The number of aryl methyl sites for hydroxylation is 3. The van der Waals surface area contributed by atoms with E-state index in [1.807, 2.05) is 51.4 Å². The van der Waals surface area contributed by atoms with Crippen LogP contribution < -0.4 is 20.3 Å². The number of rotatable bonds is 9. The van der Waals surface area contributed by atoms with Crippen molar-refractivity contribution in [3.05, 3.63) is 60.3 Å². The second-order valence-corrected chi connectivity index (χ2v) is 12.4. The fraction of sp³-hybridized carbons (Fsp3) is 0.394. The first-order chi connectivity index (χ1) is 22.8. The molecule has 0 aliphatic carbocycles. The predicted molar refractivity (Wildman–Crippen MR) is 181 cm³/mol. The number of ether oxygens (including phenoxy) is 1. The number of H-pyrrole nitrogens is 1. The minimum Gasteiger partial charge on any atom is -0.486 e. The van der Waals surface area contributed by atoms with Crippen LogP contribution in [0.25, 0.3) is 22.2 Å². The number of hydrogen-bond acceptors (Lipinski definition) is 11. The van der Waals surface area contributed by atoms with Crippen molar-refractivity contribution in [1.29, 1.82) is 0 Å². The van der Waals surface area contributed by atoms with Gasteiger partial charge in [-0.15, -0.1) is 0 Å². The van der Waals surface area contributed by atoms with Gasteiger partial charge in [-0.2, -0.15) is 5.10 Å². The summed E-state index contributed by atoms with van der Waals surface area (Å²) in [5.41, 5.74) is 5.25. The molecule has 244 valence electrons. The van der Waals surface area contributed by atoms with Crippen molar-refractivity contribution in [2.45, 2.75) is 26.4 Å². The number of aromatic amines is 1. The van der Waals surface area contributed by atoms with Crippen molar-refractivity contribution >= 4 is 40.2 Å². The molecule has 3 N–H and O–H groups in total. The molecule has 47 heavy (non-hydrogen) atoms. The van der Waals surface area contributed by atoms with Crippen LogP contribution in [-0.4, -0.2) is 109 Å². The number of likely N-dealkylation sites (N-methyl/N-ethyl adjacent to an activating group) is 1. The average molecular weight is 637 g/mol. The first-order valence-corrected chi connectivity index (χ1v) is 16.0. The normalized spacial score (nSPS) is 17.4. The van der Waals surface area contributed by atoms with Gasteiger partial charge in [0.2, 0.25) is 17.8 Å². The summed E-state index contributed by atoms with van der Waals surface area (Å²) in [6, 6.07) is 7.82. The van der Waals surface area contributed by atoms with Crippen LogP contribution >= 0.6 is 0 Å². The number of carbonyl (C=O) groups is 1. The molecule has 14 nitrogen and oxygen atoms in total. The number of amides is 1. The molecule has 0 unspecified atom stereocenters. The SMILES string of the molecule is Cc1cnc(Nc2cc(C)n(C)n2)nc1-c1c[nH]c2c(NC(=O)CN3CC[C@H](Oc4cnc(N5CCN(C)CC5)nc4)C3)cccc12. The summed E-state index contributed by atoms with van der Waals surface area (Å²) in [7, 11) is 4.02. The zero-order chi connectivity index (χ0) is 32.5. The summed E-state index contributed by atoms with van der Waals surface area (Å²) in [6.07, 6.45) is 8.04. The number of benzene rings is 1. The van der Waals surface area contributed by atoms with E-state index in [-0.39, 0.29) is 18.6 Å². The largest absolute Gasteiger partial charge is 0.486 e. The fourth-order valence-corrected chi connectivity index (χ4v) is 6.13. The number of likely N-dealkylation sites (tertiary alicyclic amines) is 1. The molecule has 1 amide bonds. The van der Waals surface area contributed by atoms with Gasteiger partial charge in [0.15, 0.2) is 11.6 Å². The number of para-hydroxylation sites is 1. The lowest BCUT2D eigenvalue weighted by Crippen LogP contribution is -2.45. The van der Waals surface area contributed by atoms with Crippen molar-refractivity contribution in [3.63, 3.8) is 0 Å². The van der Waals surface area contributed by atoms with Crippen LogP contribution in [0, 0.1) is 13.8 Å². The van der Waals surface area contributed by atoms with Crippen LogP contribution in [0.4, 0.5) is 23.4 Å². The van der Waals surface area contributed by atoms with Crippen LogP contribution in [0.3, 0.4) is 0 Å². The van der Waals surface area contributed by atoms with Crippen LogP contribution in [0.15, 0.2) is 49.1 Å². The van der Waals surface area contributed by atoms with Gasteiger partial charge in [0.25, 0.3) is 0 Å². The number of nitrogens with one attached hydrogen (secondary N) is 3. The minimum absolute atomic E-state index is 0.0209. The molecule has 2 aliphatic rings. The Hall–Kier alpha value is -5.08. The number of nitrogens with zero attached hydrogens (tertiary/aromatic N) is 9. The van der Waals surface area contributed by atoms with Crippen LogP contribution in [0.5, 0.6) is 5.75 Å². The van der Waals surface area contributed by atoms with Gasteiger partial charge in [0.1, 0.15) is 6.10 Å². The van der Waals surface area contributed by atoms with E-state index in [1.54, 1.807) is 23.3 Å². The van der Waals surface area contributed by atoms with Crippen molar-refractivity contribution in [2.24, 2.45) is 7.05 Å². The van der Waals surface area contributed by atoms with Gasteiger partial charge in [-0.25, -0.2) is 19.9 Å². The number of fused-ring (bicyclic) bond motifs is 1. The van der Waals surface area contributed by atoms with Crippen molar-refractivity contribution < 1.29 is 9.53 Å². The highest BCUT2D eigenvalue weighted by atomic mass is 16.5. The Morgan fingerprint density at radius 1 is 1.04 bits per heavy atom. The van der Waals surface area contributed by atoms with Crippen LogP contribution in [-0.2, 0) is 11.8 Å². The summed E-state index contributed by atoms with van der Waals surface area (Å²) >= 11 is 0. The van der Waals surface area contributed by atoms with Crippen LogP contribution in [0.2, 0.25) is 0 Å². The van der Waals surface area contributed by atoms with E-state index in [2.05, 4.69) is 57.4 Å². The lowest BCUT2D eigenvalue weighted by molar-refractivity contribution is -0.117. The molecule has 0 radical (unpaired) electrons. The lowest BCUT2D eigenvalue weighted by Gasteiger charge is -2.32. The molecule has 14 heteroatoms. The van der Waals surface area contributed by atoms with Gasteiger partial charge < -0.3 is 30.2 Å². The smallest absolute Gasteiger partial charge is 0.238 e. The van der Waals surface area contributed by atoms with E-state index < -0.39 is 0 Å². The average Bonchev–Trinajstić information content (AvgIpc) is 3.78. The molecule has 6 heterocycles. The topological polar surface area (TPSA) is 145 Å². The molecule has 1 aromatic carbocycles. The molecule has 2 fully saturated rings. The fourth-order valence-electron chi connectivity index (χ4n) is 6.13. The number of carbonyl (C=O) groups excluding carboxylic acids is 1. The first kappa shape index (κ1) is 30.6. The van der Waals surface area contributed by atoms with Gasteiger partial charge in [-0.1, -0.05) is 12.1 Å². The molecule has 7 rings (SSSR count). The second kappa shape index (κ2) is 13.0. The molecule has 0 saturated carbocycles. The third-order valence-electron chi connectivity index (χ3n) is 8.87. The molecular formula is C33H40N12O2. The van der Waals surface area contributed by atoms with E-state index in [0.717, 1.165) is 84.2 Å². The highest BCUT2D eigenvalue weighted by molar-refractivity contribution is 6.06. The molecule has 2 aliphatic heterocycles. The van der Waals surface area contributed by atoms with Gasteiger partial charge in [0.05, 0.1) is 35.8 Å². The monoisotopic (exact) mass is 636 g/mol. The Bertz CT molecular complexity index is 1860. The number of aromatic nitrogens is 7. The Morgan fingerprint density at radius 2 is 1.85 bits per heavy atom. The van der Waals surface area contributed by atoms with E-state index in [0.29, 0.717) is 24.1 Å².